The van der Waals surface area contributed by atoms with Crippen LogP contribution in [0.2, 0.25) is 0 Å². The van der Waals surface area contributed by atoms with E-state index in [9.17, 15) is 9.18 Å². The van der Waals surface area contributed by atoms with Gasteiger partial charge in [-0.1, -0.05) is 18.2 Å². The number of halogens is 1. The first-order valence-corrected chi connectivity index (χ1v) is 11.0. The van der Waals surface area contributed by atoms with E-state index in [0.717, 1.165) is 68.7 Å². The molecular weight excluding hydrogens is 391 g/mol. The molecule has 0 bridgehead atoms. The molecule has 0 aliphatic carbocycles. The van der Waals surface area contributed by atoms with Crippen molar-refractivity contribution in [2.24, 2.45) is 0 Å². The van der Waals surface area contributed by atoms with E-state index in [1.807, 2.05) is 4.90 Å². The molecule has 0 atom stereocenters. The van der Waals surface area contributed by atoms with Gasteiger partial charge < -0.3 is 14.7 Å². The molecule has 2 aliphatic heterocycles. The summed E-state index contributed by atoms with van der Waals surface area (Å²) in [5.41, 5.74) is 4.64. The average molecular weight is 419 g/mol. The lowest BCUT2D eigenvalue weighted by molar-refractivity contribution is 0.0793. The molecule has 6 heteroatoms. The molecule has 2 saturated heterocycles. The van der Waals surface area contributed by atoms with Gasteiger partial charge in [0.1, 0.15) is 5.82 Å². The van der Waals surface area contributed by atoms with Crippen molar-refractivity contribution in [1.82, 2.24) is 9.88 Å². The molecule has 3 heterocycles. The maximum atomic E-state index is 14.2. The Morgan fingerprint density at radius 3 is 2.39 bits per heavy atom. The molecule has 160 valence electrons. The number of carbonyl (C=O) groups excluding carboxylic acids is 1. The highest BCUT2D eigenvalue weighted by Crippen LogP contribution is 2.33. The van der Waals surface area contributed by atoms with E-state index in [0.29, 0.717) is 5.56 Å². The first-order chi connectivity index (χ1) is 15.1. The van der Waals surface area contributed by atoms with Crippen LogP contribution in [0.4, 0.5) is 15.8 Å². The number of amides is 1. The number of aryl methyl sites for hydroxylation is 1. The van der Waals surface area contributed by atoms with Crippen molar-refractivity contribution in [2.75, 3.05) is 49.1 Å². The molecule has 0 N–H and O–H groups in total. The fourth-order valence-electron chi connectivity index (χ4n) is 4.83. The predicted octanol–water partition coefficient (Wildman–Crippen LogP) is 4.24. The molecule has 1 aromatic heterocycles. The summed E-state index contributed by atoms with van der Waals surface area (Å²) in [4.78, 5) is 24.3. The largest absolute Gasteiger partial charge is 0.368 e. The lowest BCUT2D eigenvalue weighted by Crippen LogP contribution is -2.47. The van der Waals surface area contributed by atoms with Gasteiger partial charge in [-0.15, -0.1) is 0 Å². The van der Waals surface area contributed by atoms with E-state index in [1.54, 1.807) is 12.3 Å². The SMILES string of the molecule is Cc1ccccc1N1CCN(c2c(C(=O)N3CCCC3)cnc3ccc(F)cc23)CC1. The third kappa shape index (κ3) is 3.71. The highest BCUT2D eigenvalue weighted by Gasteiger charge is 2.28. The van der Waals surface area contributed by atoms with Gasteiger partial charge in [0.05, 0.1) is 16.8 Å². The van der Waals surface area contributed by atoms with Crippen molar-refractivity contribution in [3.63, 3.8) is 0 Å². The van der Waals surface area contributed by atoms with Crippen molar-refractivity contribution in [3.8, 4) is 0 Å². The lowest BCUT2D eigenvalue weighted by Gasteiger charge is -2.39. The van der Waals surface area contributed by atoms with Gasteiger partial charge in [0.25, 0.3) is 5.91 Å². The Bertz CT molecular complexity index is 1120. The van der Waals surface area contributed by atoms with Crippen LogP contribution in [0.1, 0.15) is 28.8 Å². The van der Waals surface area contributed by atoms with Crippen LogP contribution in [-0.2, 0) is 0 Å². The van der Waals surface area contributed by atoms with Crippen molar-refractivity contribution in [2.45, 2.75) is 19.8 Å². The van der Waals surface area contributed by atoms with Crippen LogP contribution in [-0.4, -0.2) is 55.1 Å². The van der Waals surface area contributed by atoms with Gasteiger partial charge in [0.15, 0.2) is 0 Å². The molecule has 5 rings (SSSR count). The summed E-state index contributed by atoms with van der Waals surface area (Å²) in [6.45, 7) is 6.92. The minimum Gasteiger partial charge on any atom is -0.368 e. The van der Waals surface area contributed by atoms with Gasteiger partial charge in [-0.2, -0.15) is 0 Å². The zero-order valence-electron chi connectivity index (χ0n) is 17.9. The molecule has 0 saturated carbocycles. The number of piperazine rings is 1. The molecule has 31 heavy (non-hydrogen) atoms. The fraction of sp³-hybridized carbons (Fsp3) is 0.360. The number of likely N-dealkylation sites (tertiary alicyclic amines) is 1. The summed E-state index contributed by atoms with van der Waals surface area (Å²) >= 11 is 0. The number of aromatic nitrogens is 1. The maximum absolute atomic E-state index is 14.2. The van der Waals surface area contributed by atoms with E-state index >= 15 is 0 Å². The number of hydrogen-bond donors (Lipinski definition) is 0. The molecule has 0 unspecified atom stereocenters. The Kier molecular flexibility index (Phi) is 5.22. The second-order valence-electron chi connectivity index (χ2n) is 8.44. The molecular formula is C25H27FN4O. The second-order valence-corrected chi connectivity index (χ2v) is 8.44. The molecule has 5 nitrogen and oxygen atoms in total. The molecule has 3 aromatic rings. The number of rotatable bonds is 3. The monoisotopic (exact) mass is 418 g/mol. The van der Waals surface area contributed by atoms with Gasteiger partial charge >= 0.3 is 0 Å². The van der Waals surface area contributed by atoms with Crippen molar-refractivity contribution in [1.29, 1.82) is 0 Å². The number of nitrogens with zero attached hydrogens (tertiary/aromatic N) is 4. The Morgan fingerprint density at radius 1 is 0.935 bits per heavy atom. The Balaban J connectivity index is 1.50. The molecule has 0 spiro atoms. The van der Waals surface area contributed by atoms with Crippen LogP contribution in [0, 0.1) is 12.7 Å². The maximum Gasteiger partial charge on any atom is 0.257 e. The fourth-order valence-corrected chi connectivity index (χ4v) is 4.83. The van der Waals surface area contributed by atoms with Gasteiger partial charge in [-0.3, -0.25) is 9.78 Å². The van der Waals surface area contributed by atoms with Crippen LogP contribution < -0.4 is 9.80 Å². The number of fused-ring (bicyclic) bond motifs is 1. The number of benzene rings is 2. The van der Waals surface area contributed by atoms with Crippen LogP contribution in [0.3, 0.4) is 0 Å². The van der Waals surface area contributed by atoms with E-state index in [4.69, 9.17) is 0 Å². The molecule has 2 aliphatic rings. The number of carbonyl (C=O) groups is 1. The molecule has 0 radical (unpaired) electrons. The van der Waals surface area contributed by atoms with Crippen LogP contribution in [0.5, 0.6) is 0 Å². The van der Waals surface area contributed by atoms with E-state index in [2.05, 4.69) is 46.0 Å². The summed E-state index contributed by atoms with van der Waals surface area (Å²) in [7, 11) is 0. The number of hydrogen-bond acceptors (Lipinski definition) is 4. The van der Waals surface area contributed by atoms with Gasteiger partial charge in [0.2, 0.25) is 0 Å². The molecule has 2 aromatic carbocycles. The quantitative estimate of drug-likeness (QED) is 0.638. The predicted molar refractivity (Wildman–Crippen MR) is 122 cm³/mol. The zero-order valence-corrected chi connectivity index (χ0v) is 17.9. The topological polar surface area (TPSA) is 39.7 Å². The number of anilines is 2. The summed E-state index contributed by atoms with van der Waals surface area (Å²) in [6.07, 6.45) is 3.75. The third-order valence-electron chi connectivity index (χ3n) is 6.48. The Hall–Kier alpha value is -3.15. The minimum atomic E-state index is -0.306. The Morgan fingerprint density at radius 2 is 1.65 bits per heavy atom. The first-order valence-electron chi connectivity index (χ1n) is 11.0. The van der Waals surface area contributed by atoms with Crippen LogP contribution >= 0.6 is 0 Å². The van der Waals surface area contributed by atoms with Gasteiger partial charge in [-0.05, 0) is 49.6 Å². The average Bonchev–Trinajstić information content (AvgIpc) is 3.33. The van der Waals surface area contributed by atoms with E-state index in [-0.39, 0.29) is 11.7 Å². The van der Waals surface area contributed by atoms with Crippen molar-refractivity contribution >= 4 is 28.2 Å². The summed E-state index contributed by atoms with van der Waals surface area (Å²) in [5, 5.41) is 0.717. The van der Waals surface area contributed by atoms with Gasteiger partial charge in [-0.25, -0.2) is 4.39 Å². The molecule has 2 fully saturated rings. The summed E-state index contributed by atoms with van der Waals surface area (Å²) < 4.78 is 14.2. The summed E-state index contributed by atoms with van der Waals surface area (Å²) in [5.74, 6) is -0.299. The highest BCUT2D eigenvalue weighted by atomic mass is 19.1. The van der Waals surface area contributed by atoms with E-state index < -0.39 is 0 Å². The standard InChI is InChI=1S/C25H27FN4O/c1-18-6-2-3-7-23(18)28-12-14-29(15-13-28)24-20-16-19(26)8-9-22(20)27-17-21(24)25(31)30-10-4-5-11-30/h2-3,6-9,16-17H,4-5,10-15H2,1H3. The minimum absolute atomic E-state index is 0.00694. The smallest absolute Gasteiger partial charge is 0.257 e. The van der Waals surface area contributed by atoms with Crippen LogP contribution in [0.25, 0.3) is 10.9 Å². The molecule has 1 amide bonds. The normalized spacial score (nSPS) is 16.9. The number of para-hydroxylation sites is 1. The zero-order chi connectivity index (χ0) is 21.4. The first kappa shape index (κ1) is 19.8. The van der Waals surface area contributed by atoms with Crippen LogP contribution in [0.15, 0.2) is 48.7 Å². The highest BCUT2D eigenvalue weighted by molar-refractivity contribution is 6.07. The Labute approximate surface area is 182 Å². The van der Waals surface area contributed by atoms with Crippen molar-refractivity contribution < 1.29 is 9.18 Å². The number of pyridine rings is 1. The van der Waals surface area contributed by atoms with Crippen molar-refractivity contribution in [3.05, 3.63) is 65.6 Å². The third-order valence-corrected chi connectivity index (χ3v) is 6.48. The van der Waals surface area contributed by atoms with Gasteiger partial charge in [0, 0.05) is 56.5 Å². The summed E-state index contributed by atoms with van der Waals surface area (Å²) in [6, 6.07) is 13.1. The lowest BCUT2D eigenvalue weighted by atomic mass is 10.1. The second kappa shape index (κ2) is 8.17. The van der Waals surface area contributed by atoms with E-state index in [1.165, 1.54) is 23.4 Å².